The van der Waals surface area contributed by atoms with Crippen molar-refractivity contribution >= 4 is 9.84 Å². The minimum absolute atomic E-state index is 0.544. The Labute approximate surface area is 102 Å². The van der Waals surface area contributed by atoms with E-state index in [4.69, 9.17) is 0 Å². The second-order valence-electron chi connectivity index (χ2n) is 4.76. The fourth-order valence-electron chi connectivity index (χ4n) is 1.53. The number of aromatic nitrogens is 2. The van der Waals surface area contributed by atoms with Gasteiger partial charge in [0.2, 0.25) is 0 Å². The van der Waals surface area contributed by atoms with E-state index in [9.17, 15) is 13.5 Å². The Morgan fingerprint density at radius 3 is 2.59 bits per heavy atom. The van der Waals surface area contributed by atoms with Crippen molar-refractivity contribution in [2.45, 2.75) is 44.6 Å². The topological polar surface area (TPSA) is 72.2 Å². The summed E-state index contributed by atoms with van der Waals surface area (Å²) in [7, 11) is -3.35. The normalized spacial score (nSPS) is 14.9. The van der Waals surface area contributed by atoms with Gasteiger partial charge in [-0.3, -0.25) is 4.68 Å². The molecule has 0 amide bonds. The third-order valence-corrected chi connectivity index (χ3v) is 5.21. The number of aryl methyl sites for hydroxylation is 1. The zero-order chi connectivity index (χ0) is 13.3. The monoisotopic (exact) mass is 260 g/mol. The molecule has 1 heterocycles. The SMILES string of the molecule is CCCn1nccc1C(O)C(C)(C)S(C)(=O)=O. The summed E-state index contributed by atoms with van der Waals surface area (Å²) in [4.78, 5) is 0. The van der Waals surface area contributed by atoms with Crippen molar-refractivity contribution in [3.8, 4) is 0 Å². The molecule has 17 heavy (non-hydrogen) atoms. The van der Waals surface area contributed by atoms with E-state index in [-0.39, 0.29) is 0 Å². The summed E-state index contributed by atoms with van der Waals surface area (Å²) in [6, 6.07) is 1.66. The van der Waals surface area contributed by atoms with Crippen LogP contribution in [0.15, 0.2) is 12.3 Å². The largest absolute Gasteiger partial charge is 0.385 e. The number of hydrogen-bond donors (Lipinski definition) is 1. The first-order valence-electron chi connectivity index (χ1n) is 5.61. The highest BCUT2D eigenvalue weighted by Gasteiger charge is 2.40. The molecule has 5 nitrogen and oxygen atoms in total. The molecule has 1 N–H and O–H groups in total. The maximum Gasteiger partial charge on any atom is 0.155 e. The third-order valence-electron chi connectivity index (χ3n) is 3.08. The fourth-order valence-corrected chi connectivity index (χ4v) is 2.06. The average molecular weight is 260 g/mol. The molecule has 1 atom stereocenters. The van der Waals surface area contributed by atoms with Gasteiger partial charge in [-0.15, -0.1) is 0 Å². The van der Waals surface area contributed by atoms with Crippen molar-refractivity contribution in [3.63, 3.8) is 0 Å². The number of nitrogens with zero attached hydrogens (tertiary/aromatic N) is 2. The average Bonchev–Trinajstić information content (AvgIpc) is 2.63. The first-order chi connectivity index (χ1) is 7.71. The zero-order valence-electron chi connectivity index (χ0n) is 10.7. The van der Waals surface area contributed by atoms with Crippen molar-refractivity contribution in [1.29, 1.82) is 0 Å². The van der Waals surface area contributed by atoms with Crippen LogP contribution in [0.3, 0.4) is 0 Å². The Morgan fingerprint density at radius 2 is 2.12 bits per heavy atom. The summed E-state index contributed by atoms with van der Waals surface area (Å²) in [5, 5.41) is 14.3. The molecule has 0 aliphatic carbocycles. The Morgan fingerprint density at radius 1 is 1.53 bits per heavy atom. The predicted molar refractivity (Wildman–Crippen MR) is 66.4 cm³/mol. The van der Waals surface area contributed by atoms with E-state index in [0.29, 0.717) is 12.2 Å². The molecule has 0 aliphatic heterocycles. The lowest BCUT2D eigenvalue weighted by molar-refractivity contribution is 0.129. The van der Waals surface area contributed by atoms with Gasteiger partial charge in [0.25, 0.3) is 0 Å². The lowest BCUT2D eigenvalue weighted by atomic mass is 10.0. The van der Waals surface area contributed by atoms with Crippen LogP contribution in [0.5, 0.6) is 0 Å². The summed E-state index contributed by atoms with van der Waals surface area (Å²) in [6.07, 6.45) is 2.51. The highest BCUT2D eigenvalue weighted by atomic mass is 32.2. The van der Waals surface area contributed by atoms with Gasteiger partial charge in [-0.1, -0.05) is 6.92 Å². The number of aliphatic hydroxyl groups excluding tert-OH is 1. The fraction of sp³-hybridized carbons (Fsp3) is 0.727. The van der Waals surface area contributed by atoms with Gasteiger partial charge in [-0.25, -0.2) is 8.42 Å². The van der Waals surface area contributed by atoms with Crippen LogP contribution >= 0.6 is 0 Å². The summed E-state index contributed by atoms with van der Waals surface area (Å²) in [6.45, 7) is 5.71. The van der Waals surface area contributed by atoms with Crippen LogP contribution in [-0.2, 0) is 16.4 Å². The molecular formula is C11H20N2O3S. The van der Waals surface area contributed by atoms with Crippen LogP contribution in [0.1, 0.15) is 39.0 Å². The second-order valence-corrected chi connectivity index (χ2v) is 7.35. The quantitative estimate of drug-likeness (QED) is 0.862. The smallest absolute Gasteiger partial charge is 0.155 e. The number of hydrogen-bond acceptors (Lipinski definition) is 4. The molecular weight excluding hydrogens is 240 g/mol. The molecule has 1 aromatic rings. The molecule has 1 aromatic heterocycles. The van der Waals surface area contributed by atoms with Crippen LogP contribution in [0.4, 0.5) is 0 Å². The Kier molecular flexibility index (Phi) is 3.99. The van der Waals surface area contributed by atoms with Gasteiger partial charge in [0.15, 0.2) is 9.84 Å². The van der Waals surface area contributed by atoms with Crippen LogP contribution in [0, 0.1) is 0 Å². The van der Waals surface area contributed by atoms with Crippen LogP contribution in [0.25, 0.3) is 0 Å². The van der Waals surface area contributed by atoms with Crippen molar-refractivity contribution in [3.05, 3.63) is 18.0 Å². The molecule has 0 saturated heterocycles. The Hall–Kier alpha value is -0.880. The molecule has 0 spiro atoms. The third kappa shape index (κ3) is 2.69. The van der Waals surface area contributed by atoms with Crippen molar-refractivity contribution in [2.75, 3.05) is 6.26 Å². The van der Waals surface area contributed by atoms with E-state index in [0.717, 1.165) is 12.7 Å². The minimum atomic E-state index is -3.35. The molecule has 0 aliphatic rings. The first kappa shape index (κ1) is 14.2. The number of rotatable bonds is 5. The van der Waals surface area contributed by atoms with Crippen LogP contribution in [0.2, 0.25) is 0 Å². The number of aliphatic hydroxyl groups is 1. The lowest BCUT2D eigenvalue weighted by Gasteiger charge is -2.28. The van der Waals surface area contributed by atoms with Gasteiger partial charge in [0.1, 0.15) is 6.10 Å². The highest BCUT2D eigenvalue weighted by Crippen LogP contribution is 2.31. The van der Waals surface area contributed by atoms with Crippen molar-refractivity contribution in [1.82, 2.24) is 9.78 Å². The molecule has 0 fully saturated rings. The number of sulfone groups is 1. The van der Waals surface area contributed by atoms with E-state index in [1.54, 1.807) is 16.9 Å². The van der Waals surface area contributed by atoms with Gasteiger partial charge in [-0.05, 0) is 26.3 Å². The minimum Gasteiger partial charge on any atom is -0.385 e. The maximum absolute atomic E-state index is 11.7. The first-order valence-corrected chi connectivity index (χ1v) is 7.50. The van der Waals surface area contributed by atoms with E-state index in [2.05, 4.69) is 5.10 Å². The van der Waals surface area contributed by atoms with Crippen LogP contribution in [-0.4, -0.2) is 34.3 Å². The summed E-state index contributed by atoms with van der Waals surface area (Å²) >= 11 is 0. The predicted octanol–water partition coefficient (Wildman–Crippen LogP) is 1.15. The molecule has 1 rings (SSSR count). The molecule has 0 saturated carbocycles. The maximum atomic E-state index is 11.7. The highest BCUT2D eigenvalue weighted by molar-refractivity contribution is 7.92. The van der Waals surface area contributed by atoms with E-state index >= 15 is 0 Å². The summed E-state index contributed by atoms with van der Waals surface area (Å²) < 4.78 is 23.8. The van der Waals surface area contributed by atoms with Crippen LogP contribution < -0.4 is 0 Å². The van der Waals surface area contributed by atoms with Gasteiger partial charge in [0, 0.05) is 19.0 Å². The molecule has 98 valence electrons. The molecule has 0 bridgehead atoms. The lowest BCUT2D eigenvalue weighted by Crippen LogP contribution is -2.38. The standard InChI is InChI=1S/C11H20N2O3S/c1-5-8-13-9(6-7-12-13)10(14)11(2,3)17(4,15)16/h6-7,10,14H,5,8H2,1-4H3. The van der Waals surface area contributed by atoms with E-state index in [1.807, 2.05) is 6.92 Å². The van der Waals surface area contributed by atoms with Gasteiger partial charge < -0.3 is 5.11 Å². The summed E-state index contributed by atoms with van der Waals surface area (Å²) in [5.74, 6) is 0. The van der Waals surface area contributed by atoms with Gasteiger partial charge in [0.05, 0.1) is 10.4 Å². The summed E-state index contributed by atoms with van der Waals surface area (Å²) in [5.41, 5.74) is 0.544. The molecule has 0 aromatic carbocycles. The van der Waals surface area contributed by atoms with Gasteiger partial charge in [-0.2, -0.15) is 5.10 Å². The zero-order valence-corrected chi connectivity index (χ0v) is 11.5. The Bertz CT molecular complexity index is 477. The molecule has 1 unspecified atom stereocenters. The second kappa shape index (κ2) is 4.78. The van der Waals surface area contributed by atoms with Crippen molar-refractivity contribution in [2.24, 2.45) is 0 Å². The Balaban J connectivity index is 3.12. The van der Waals surface area contributed by atoms with Crippen molar-refractivity contribution < 1.29 is 13.5 Å². The van der Waals surface area contributed by atoms with E-state index in [1.165, 1.54) is 13.8 Å². The molecule has 0 radical (unpaired) electrons. The van der Waals surface area contributed by atoms with Gasteiger partial charge >= 0.3 is 0 Å². The molecule has 6 heteroatoms. The van der Waals surface area contributed by atoms with E-state index < -0.39 is 20.7 Å².